The van der Waals surface area contributed by atoms with Crippen molar-refractivity contribution in [3.63, 3.8) is 0 Å². The Morgan fingerprint density at radius 1 is 1.03 bits per heavy atom. The Bertz CT molecular complexity index is 1270. The molecule has 2 aromatic carbocycles. The van der Waals surface area contributed by atoms with Gasteiger partial charge in [0.1, 0.15) is 5.65 Å². The molecule has 31 heavy (non-hydrogen) atoms. The molecule has 2 heterocycles. The number of carbonyl (C=O) groups excluding carboxylic acids is 1. The van der Waals surface area contributed by atoms with Crippen LogP contribution in [-0.4, -0.2) is 29.5 Å². The molecule has 0 bridgehead atoms. The first-order valence-electron chi connectivity index (χ1n) is 9.82. The van der Waals surface area contributed by atoms with Crippen molar-refractivity contribution in [2.45, 2.75) is 6.92 Å². The van der Waals surface area contributed by atoms with E-state index in [9.17, 15) is 4.79 Å². The molecular formula is C25H23N3O3. The van der Waals surface area contributed by atoms with Crippen molar-refractivity contribution >= 4 is 23.3 Å². The number of hydrogen-bond acceptors (Lipinski definition) is 4. The lowest BCUT2D eigenvalue weighted by Gasteiger charge is -2.07. The molecule has 0 atom stereocenters. The number of carbonyl (C=O) groups is 1. The smallest absolute Gasteiger partial charge is 0.248 e. The normalized spacial score (nSPS) is 11.1. The molecule has 4 rings (SSSR count). The lowest BCUT2D eigenvalue weighted by Crippen LogP contribution is -2.07. The minimum atomic E-state index is -0.224. The van der Waals surface area contributed by atoms with Crippen LogP contribution in [0.5, 0.6) is 11.5 Å². The van der Waals surface area contributed by atoms with Crippen molar-refractivity contribution in [2.75, 3.05) is 19.5 Å². The Balaban J connectivity index is 1.49. The van der Waals surface area contributed by atoms with Gasteiger partial charge in [0.2, 0.25) is 5.91 Å². The van der Waals surface area contributed by atoms with Crippen molar-refractivity contribution in [1.29, 1.82) is 0 Å². The molecule has 0 aliphatic heterocycles. The average Bonchev–Trinajstić information content (AvgIpc) is 3.21. The predicted octanol–water partition coefficient (Wildman–Crippen LogP) is 4.98. The molecule has 0 saturated carbocycles. The molecular weight excluding hydrogens is 390 g/mol. The van der Waals surface area contributed by atoms with E-state index < -0.39 is 0 Å². The first kappa shape index (κ1) is 20.2. The molecule has 1 N–H and O–H groups in total. The largest absolute Gasteiger partial charge is 0.493 e. The zero-order valence-electron chi connectivity index (χ0n) is 17.6. The second-order valence-corrected chi connectivity index (χ2v) is 7.11. The summed E-state index contributed by atoms with van der Waals surface area (Å²) in [5.74, 6) is 1.03. The van der Waals surface area contributed by atoms with Gasteiger partial charge in [-0.1, -0.05) is 18.2 Å². The lowest BCUT2D eigenvalue weighted by molar-refractivity contribution is -0.111. The van der Waals surface area contributed by atoms with E-state index in [4.69, 9.17) is 9.47 Å². The second kappa shape index (κ2) is 8.75. The lowest BCUT2D eigenvalue weighted by atomic mass is 10.1. The highest BCUT2D eigenvalue weighted by Crippen LogP contribution is 2.28. The molecule has 0 unspecified atom stereocenters. The molecule has 156 valence electrons. The van der Waals surface area contributed by atoms with Crippen molar-refractivity contribution in [3.8, 4) is 22.8 Å². The minimum absolute atomic E-state index is 0.224. The number of benzene rings is 2. The van der Waals surface area contributed by atoms with Gasteiger partial charge in [-0.25, -0.2) is 4.98 Å². The van der Waals surface area contributed by atoms with Crippen LogP contribution in [0.4, 0.5) is 5.69 Å². The molecule has 4 aromatic rings. The van der Waals surface area contributed by atoms with Crippen molar-refractivity contribution < 1.29 is 14.3 Å². The van der Waals surface area contributed by atoms with Gasteiger partial charge >= 0.3 is 0 Å². The topological polar surface area (TPSA) is 64.9 Å². The number of amides is 1. The van der Waals surface area contributed by atoms with Crippen LogP contribution in [0.3, 0.4) is 0 Å². The molecule has 6 heteroatoms. The van der Waals surface area contributed by atoms with Gasteiger partial charge in [-0.3, -0.25) is 4.79 Å². The summed E-state index contributed by atoms with van der Waals surface area (Å²) in [4.78, 5) is 17.1. The summed E-state index contributed by atoms with van der Waals surface area (Å²) in [6.07, 6.45) is 7.19. The standard InChI is InChI=1S/C25H23N3O3/c1-17-11-12-28-16-21(27-24(28)13-17)19-5-4-6-20(15-19)26-25(29)10-8-18-7-9-22(30-2)23(14-18)31-3/h4-16H,1-3H3,(H,26,29)/b10-8+. The molecule has 0 radical (unpaired) electrons. The first-order valence-corrected chi connectivity index (χ1v) is 9.82. The third-order valence-electron chi connectivity index (χ3n) is 4.88. The van der Waals surface area contributed by atoms with E-state index >= 15 is 0 Å². The maximum absolute atomic E-state index is 12.4. The number of aromatic nitrogens is 2. The van der Waals surface area contributed by atoms with Gasteiger partial charge in [0.25, 0.3) is 0 Å². The summed E-state index contributed by atoms with van der Waals surface area (Å²) in [6.45, 7) is 2.04. The van der Waals surface area contributed by atoms with Gasteiger partial charge in [-0.05, 0) is 60.5 Å². The number of methoxy groups -OCH3 is 2. The Morgan fingerprint density at radius 2 is 1.87 bits per heavy atom. The third-order valence-corrected chi connectivity index (χ3v) is 4.88. The van der Waals surface area contributed by atoms with Gasteiger partial charge in [0.05, 0.1) is 19.9 Å². The fraction of sp³-hybridized carbons (Fsp3) is 0.120. The SMILES string of the molecule is COc1ccc(/C=C/C(=O)Nc2cccc(-c3cn4ccc(C)cc4n3)c2)cc1OC. The van der Waals surface area contributed by atoms with E-state index in [1.54, 1.807) is 26.4 Å². The molecule has 1 amide bonds. The number of hydrogen-bond donors (Lipinski definition) is 1. The number of anilines is 1. The predicted molar refractivity (Wildman–Crippen MR) is 123 cm³/mol. The van der Waals surface area contributed by atoms with Crippen LogP contribution in [0.2, 0.25) is 0 Å². The van der Waals surface area contributed by atoms with Gasteiger partial charge in [0.15, 0.2) is 11.5 Å². The third kappa shape index (κ3) is 4.59. The van der Waals surface area contributed by atoms with Gasteiger partial charge in [-0.2, -0.15) is 0 Å². The monoisotopic (exact) mass is 413 g/mol. The van der Waals surface area contributed by atoms with Gasteiger partial charge in [0, 0.05) is 29.7 Å². The number of rotatable bonds is 6. The van der Waals surface area contributed by atoms with E-state index in [1.165, 1.54) is 6.08 Å². The molecule has 2 aromatic heterocycles. The van der Waals surface area contributed by atoms with Gasteiger partial charge in [-0.15, -0.1) is 0 Å². The Morgan fingerprint density at radius 3 is 2.68 bits per heavy atom. The molecule has 0 fully saturated rings. The van der Waals surface area contributed by atoms with Crippen LogP contribution in [-0.2, 0) is 4.79 Å². The molecule has 0 spiro atoms. The van der Waals surface area contributed by atoms with Crippen LogP contribution >= 0.6 is 0 Å². The fourth-order valence-electron chi connectivity index (χ4n) is 3.29. The van der Waals surface area contributed by atoms with Gasteiger partial charge < -0.3 is 19.2 Å². The Kier molecular flexibility index (Phi) is 5.71. The van der Waals surface area contributed by atoms with Crippen molar-refractivity contribution in [2.24, 2.45) is 0 Å². The van der Waals surface area contributed by atoms with Crippen molar-refractivity contribution in [1.82, 2.24) is 9.38 Å². The summed E-state index contributed by atoms with van der Waals surface area (Å²) >= 11 is 0. The number of ether oxygens (including phenoxy) is 2. The highest BCUT2D eigenvalue weighted by atomic mass is 16.5. The number of imidazole rings is 1. The summed E-state index contributed by atoms with van der Waals surface area (Å²) in [7, 11) is 3.16. The molecule has 0 saturated heterocycles. The van der Waals surface area contributed by atoms with Crippen LogP contribution in [0, 0.1) is 6.92 Å². The van der Waals surface area contributed by atoms with Crippen LogP contribution < -0.4 is 14.8 Å². The maximum Gasteiger partial charge on any atom is 0.248 e. The van der Waals surface area contributed by atoms with E-state index in [2.05, 4.69) is 10.3 Å². The second-order valence-electron chi connectivity index (χ2n) is 7.11. The van der Waals surface area contributed by atoms with E-state index in [1.807, 2.05) is 72.2 Å². The molecule has 0 aliphatic rings. The summed E-state index contributed by atoms with van der Waals surface area (Å²) in [5, 5.41) is 2.90. The Labute approximate surface area is 180 Å². The number of aryl methyl sites for hydroxylation is 1. The maximum atomic E-state index is 12.4. The minimum Gasteiger partial charge on any atom is -0.493 e. The summed E-state index contributed by atoms with van der Waals surface area (Å²) in [5.41, 5.74) is 5.37. The van der Waals surface area contributed by atoms with Crippen LogP contribution in [0.1, 0.15) is 11.1 Å². The van der Waals surface area contributed by atoms with E-state index in [0.717, 1.165) is 28.0 Å². The number of nitrogens with zero attached hydrogens (tertiary/aromatic N) is 2. The number of fused-ring (bicyclic) bond motifs is 1. The quantitative estimate of drug-likeness (QED) is 0.453. The summed E-state index contributed by atoms with van der Waals surface area (Å²) < 4.78 is 12.5. The molecule has 0 aliphatic carbocycles. The number of nitrogens with one attached hydrogen (secondary N) is 1. The zero-order valence-corrected chi connectivity index (χ0v) is 17.6. The van der Waals surface area contributed by atoms with Crippen molar-refractivity contribution in [3.05, 3.63) is 84.2 Å². The van der Waals surface area contributed by atoms with Crippen LogP contribution in [0.25, 0.3) is 23.0 Å². The average molecular weight is 413 g/mol. The highest BCUT2D eigenvalue weighted by Gasteiger charge is 2.07. The number of pyridine rings is 1. The first-order chi connectivity index (χ1) is 15.1. The fourth-order valence-corrected chi connectivity index (χ4v) is 3.29. The summed E-state index contributed by atoms with van der Waals surface area (Å²) in [6, 6.07) is 17.2. The Hall–Kier alpha value is -4.06. The zero-order chi connectivity index (χ0) is 21.8. The molecule has 6 nitrogen and oxygen atoms in total. The van der Waals surface area contributed by atoms with E-state index in [0.29, 0.717) is 17.2 Å². The highest BCUT2D eigenvalue weighted by molar-refractivity contribution is 6.02. The van der Waals surface area contributed by atoms with Crippen LogP contribution in [0.15, 0.2) is 73.1 Å². The van der Waals surface area contributed by atoms with E-state index in [-0.39, 0.29) is 5.91 Å².